The number of hydrogen-bond acceptors (Lipinski definition) is 6. The molecule has 4 rings (SSSR count). The Morgan fingerprint density at radius 3 is 2.22 bits per heavy atom. The zero-order valence-corrected chi connectivity index (χ0v) is 21.0. The molecule has 3 aromatic carbocycles. The van der Waals surface area contributed by atoms with Crippen molar-refractivity contribution in [2.45, 2.75) is 13.3 Å². The summed E-state index contributed by atoms with van der Waals surface area (Å²) in [6, 6.07) is 29.1. The Balaban J connectivity index is 0.00000380. The van der Waals surface area contributed by atoms with Gasteiger partial charge in [0.1, 0.15) is 0 Å². The molecule has 6 nitrogen and oxygen atoms in total. The molecule has 4 aromatic rings. The Kier molecular flexibility index (Phi) is 9.64. The average Bonchev–Trinajstić information content (AvgIpc) is 2.91. The number of aliphatic imine (C=N–C) groups is 2. The minimum absolute atomic E-state index is 0. The summed E-state index contributed by atoms with van der Waals surface area (Å²) in [5.41, 5.74) is 4.39. The second-order valence-corrected chi connectivity index (χ2v) is 8.10. The van der Waals surface area contributed by atoms with E-state index in [4.69, 9.17) is 0 Å². The summed E-state index contributed by atoms with van der Waals surface area (Å²) in [5.74, 6) is -1.78. The second kappa shape index (κ2) is 13.1. The van der Waals surface area contributed by atoms with Gasteiger partial charge in [-0.05, 0) is 36.3 Å². The first-order valence-corrected chi connectivity index (χ1v) is 11.4. The molecule has 0 bridgehead atoms. The smallest absolute Gasteiger partial charge is 0.857 e. The van der Waals surface area contributed by atoms with Crippen molar-refractivity contribution >= 4 is 23.3 Å². The van der Waals surface area contributed by atoms with Crippen LogP contribution < -0.4 is 10.2 Å². The van der Waals surface area contributed by atoms with Crippen LogP contribution in [0.15, 0.2) is 125 Å². The van der Waals surface area contributed by atoms with Crippen LogP contribution in [0.25, 0.3) is 0 Å². The fourth-order valence-corrected chi connectivity index (χ4v) is 3.56. The maximum atomic E-state index is 12.7. The molecule has 0 saturated heterocycles. The Morgan fingerprint density at radius 1 is 0.865 bits per heavy atom. The molecule has 0 amide bonds. The summed E-state index contributed by atoms with van der Waals surface area (Å²) >= 11 is 0. The van der Waals surface area contributed by atoms with Crippen LogP contribution in [0.5, 0.6) is 0 Å². The van der Waals surface area contributed by atoms with E-state index in [0.717, 1.165) is 16.7 Å². The number of carbonyl (C=O) groups excluding carboxylic acids is 1. The zero-order valence-electron chi connectivity index (χ0n) is 20.0. The van der Waals surface area contributed by atoms with E-state index in [2.05, 4.69) is 15.0 Å². The Bertz CT molecular complexity index is 1430. The van der Waals surface area contributed by atoms with Crippen molar-refractivity contribution in [3.63, 3.8) is 0 Å². The first-order chi connectivity index (χ1) is 17.5. The molecule has 0 aliphatic heterocycles. The normalized spacial score (nSPS) is 12.1. The van der Waals surface area contributed by atoms with Gasteiger partial charge in [0.15, 0.2) is 0 Å². The largest absolute Gasteiger partial charge is 2.00 e. The number of aromatic nitrogens is 1. The second-order valence-electron chi connectivity index (χ2n) is 8.10. The van der Waals surface area contributed by atoms with Crippen molar-refractivity contribution in [3.05, 3.63) is 143 Å². The van der Waals surface area contributed by atoms with Gasteiger partial charge in [-0.25, -0.2) is 0 Å². The minimum Gasteiger partial charge on any atom is -0.857 e. The topological polar surface area (TPSA) is 101 Å². The predicted octanol–water partition coefficient (Wildman–Crippen LogP) is 3.54. The molecule has 0 fully saturated rings. The molecule has 37 heavy (non-hydrogen) atoms. The van der Waals surface area contributed by atoms with E-state index in [1.54, 1.807) is 36.4 Å². The molecule has 0 N–H and O–H groups in total. The van der Waals surface area contributed by atoms with Crippen LogP contribution >= 0.6 is 0 Å². The van der Waals surface area contributed by atoms with E-state index >= 15 is 0 Å². The van der Waals surface area contributed by atoms with Crippen LogP contribution in [0.2, 0.25) is 0 Å². The van der Waals surface area contributed by atoms with Crippen LogP contribution in [-0.4, -0.2) is 22.6 Å². The molecule has 0 spiro atoms. The van der Waals surface area contributed by atoms with Gasteiger partial charge in [-0.15, -0.1) is 0 Å². The van der Waals surface area contributed by atoms with Crippen molar-refractivity contribution < 1.29 is 31.5 Å². The van der Waals surface area contributed by atoms with Gasteiger partial charge in [-0.2, -0.15) is 0 Å². The number of nitrogens with zero attached hydrogens (tertiary/aromatic N) is 3. The summed E-state index contributed by atoms with van der Waals surface area (Å²) in [4.78, 5) is 24.9. The van der Waals surface area contributed by atoms with Crippen molar-refractivity contribution in [2.75, 3.05) is 0 Å². The zero-order chi connectivity index (χ0) is 25.3. The maximum absolute atomic E-state index is 12.7. The van der Waals surface area contributed by atoms with E-state index in [0.29, 0.717) is 17.0 Å². The molecular weight excluding hydrogens is 509 g/mol. The average molecular weight is 532 g/mol. The van der Waals surface area contributed by atoms with E-state index < -0.39 is 11.9 Å². The molecule has 0 saturated carbocycles. The summed E-state index contributed by atoms with van der Waals surface area (Å²) in [6.45, 7) is 1.97. The van der Waals surface area contributed by atoms with Gasteiger partial charge in [-0.3, -0.25) is 15.0 Å². The number of rotatable bonds is 8. The molecule has 1 aromatic heterocycles. The number of carboxylic acid groups (broad SMARTS) is 1. The quantitative estimate of drug-likeness (QED) is 0.150. The van der Waals surface area contributed by atoms with Crippen LogP contribution in [-0.2, 0) is 27.7 Å². The number of pyridine rings is 1. The van der Waals surface area contributed by atoms with Crippen LogP contribution in [0, 0.1) is 6.92 Å². The van der Waals surface area contributed by atoms with E-state index in [9.17, 15) is 15.0 Å². The van der Waals surface area contributed by atoms with E-state index in [1.807, 2.05) is 67.6 Å². The van der Waals surface area contributed by atoms with Gasteiger partial charge in [-0.1, -0.05) is 84.4 Å². The molecule has 1 heterocycles. The van der Waals surface area contributed by atoms with Crippen molar-refractivity contribution in [1.82, 2.24) is 4.98 Å². The molecule has 0 aliphatic carbocycles. The SMILES string of the molecule is Cc1ccc(C/C(=C/N=C(c2ccccc2)c2ccccc2N=C([O-])c2ccccn2)C(=O)[O-])cc1.[Ni+2]. The maximum Gasteiger partial charge on any atom is 2.00 e. The summed E-state index contributed by atoms with van der Waals surface area (Å²) in [6.07, 6.45) is 3.01. The number of aliphatic carboxylic acids is 1. The van der Waals surface area contributed by atoms with Gasteiger partial charge in [0, 0.05) is 35.8 Å². The number of para-hydroxylation sites is 1. The van der Waals surface area contributed by atoms with Gasteiger partial charge in [0.2, 0.25) is 0 Å². The van der Waals surface area contributed by atoms with Crippen LogP contribution in [0.1, 0.15) is 27.9 Å². The third-order valence-electron chi connectivity index (χ3n) is 5.44. The third-order valence-corrected chi connectivity index (χ3v) is 5.44. The first-order valence-electron chi connectivity index (χ1n) is 11.4. The van der Waals surface area contributed by atoms with E-state index in [-0.39, 0.29) is 34.2 Å². The number of hydrogen-bond donors (Lipinski definition) is 0. The van der Waals surface area contributed by atoms with Gasteiger partial charge >= 0.3 is 16.5 Å². The molecule has 7 heteroatoms. The molecular formula is C30H23N3NiO3. The summed E-state index contributed by atoms with van der Waals surface area (Å²) in [7, 11) is 0. The van der Waals surface area contributed by atoms with Crippen LogP contribution in [0.4, 0.5) is 5.69 Å². The van der Waals surface area contributed by atoms with Gasteiger partial charge in [0.05, 0.1) is 23.1 Å². The first kappa shape index (κ1) is 27.2. The van der Waals surface area contributed by atoms with Crippen LogP contribution in [0.3, 0.4) is 0 Å². The molecule has 0 unspecified atom stereocenters. The van der Waals surface area contributed by atoms with Gasteiger partial charge < -0.3 is 15.0 Å². The molecule has 0 radical (unpaired) electrons. The Hall–Kier alpha value is -4.35. The van der Waals surface area contributed by atoms with E-state index in [1.165, 1.54) is 12.4 Å². The van der Waals surface area contributed by atoms with Crippen molar-refractivity contribution in [3.8, 4) is 0 Å². The molecule has 186 valence electrons. The monoisotopic (exact) mass is 531 g/mol. The molecule has 0 aliphatic rings. The van der Waals surface area contributed by atoms with Gasteiger partial charge in [0.25, 0.3) is 0 Å². The number of aryl methyl sites for hydroxylation is 1. The fourth-order valence-electron chi connectivity index (χ4n) is 3.56. The standard InChI is InChI=1S/C30H25N3O3.Ni/c1-21-14-16-22(17-15-21)19-24(30(35)36)20-32-28(23-9-3-2-4-10-23)25-11-5-6-12-26(25)33-29(34)27-13-7-8-18-31-27;/h2-18,20H,19H2,1H3,(H,33,34)(H,35,36);/q;+2/p-2/b24-20-,32-28?;. The Morgan fingerprint density at radius 2 is 1.54 bits per heavy atom. The summed E-state index contributed by atoms with van der Waals surface area (Å²) < 4.78 is 0. The predicted molar refractivity (Wildman–Crippen MR) is 137 cm³/mol. The summed E-state index contributed by atoms with van der Waals surface area (Å²) in [5, 5.41) is 24.6. The third kappa shape index (κ3) is 7.32. The number of benzene rings is 3. The Labute approximate surface area is 225 Å². The minimum atomic E-state index is -1.30. The number of carboxylic acids is 1. The number of carbonyl (C=O) groups is 1. The van der Waals surface area contributed by atoms with Crippen molar-refractivity contribution in [1.29, 1.82) is 0 Å². The fraction of sp³-hybridized carbons (Fsp3) is 0.0667. The van der Waals surface area contributed by atoms with Crippen molar-refractivity contribution in [2.24, 2.45) is 9.98 Å². The molecule has 0 atom stereocenters.